The lowest BCUT2D eigenvalue weighted by molar-refractivity contribution is 1.09. The Bertz CT molecular complexity index is 1320. The first kappa shape index (κ1) is 15.6. The summed E-state index contributed by atoms with van der Waals surface area (Å²) in [4.78, 5) is 0. The number of nitrogens with zero attached hydrogens (tertiary/aromatic N) is 1. The van der Waals surface area contributed by atoms with Gasteiger partial charge in [0.2, 0.25) is 11.4 Å². The number of hydrogen-bond acceptors (Lipinski definition) is 0. The van der Waals surface area contributed by atoms with E-state index in [2.05, 4.69) is 103 Å². The molecule has 0 aliphatic carbocycles. The number of hydrogen-bond donors (Lipinski definition) is 0. The maximum absolute atomic E-state index is 2.49. The second-order valence-corrected chi connectivity index (χ2v) is 7.68. The van der Waals surface area contributed by atoms with Crippen molar-refractivity contribution in [2.75, 3.05) is 0 Å². The van der Waals surface area contributed by atoms with Gasteiger partial charge in [0.15, 0.2) is 5.71 Å². The molecule has 2 aliphatic heterocycles. The molecule has 132 valence electrons. The van der Waals surface area contributed by atoms with Crippen LogP contribution in [0.1, 0.15) is 18.1 Å². The molecule has 4 aromatic rings. The van der Waals surface area contributed by atoms with Crippen LogP contribution in [0.4, 0.5) is 11.4 Å². The minimum atomic E-state index is 1.28. The monoisotopic (exact) mass is 358 g/mol. The molecule has 0 spiro atoms. The maximum Gasteiger partial charge on any atom is 0.227 e. The fourth-order valence-electron chi connectivity index (χ4n) is 4.95. The number of rotatable bonds is 0. The van der Waals surface area contributed by atoms with E-state index in [1.54, 1.807) is 0 Å². The Hall–Kier alpha value is -3.45. The molecule has 0 radical (unpaired) electrons. The van der Waals surface area contributed by atoms with Gasteiger partial charge in [-0.25, -0.2) is 0 Å². The van der Waals surface area contributed by atoms with Crippen molar-refractivity contribution in [1.29, 1.82) is 0 Å². The van der Waals surface area contributed by atoms with Gasteiger partial charge < -0.3 is 0 Å². The van der Waals surface area contributed by atoms with Crippen LogP contribution in [0.25, 0.3) is 33.4 Å². The van der Waals surface area contributed by atoms with E-state index < -0.39 is 0 Å². The molecule has 28 heavy (non-hydrogen) atoms. The van der Waals surface area contributed by atoms with Crippen LogP contribution in [0.3, 0.4) is 0 Å². The summed E-state index contributed by atoms with van der Waals surface area (Å²) < 4.78 is 2.49. The van der Waals surface area contributed by atoms with Gasteiger partial charge in [0.25, 0.3) is 0 Å². The molecule has 0 fully saturated rings. The molecule has 0 amide bonds. The molecule has 2 heterocycles. The van der Waals surface area contributed by atoms with Crippen molar-refractivity contribution in [1.82, 2.24) is 4.58 Å². The Labute approximate surface area is 165 Å². The van der Waals surface area contributed by atoms with E-state index in [9.17, 15) is 0 Å². The van der Waals surface area contributed by atoms with Crippen molar-refractivity contribution in [2.45, 2.75) is 13.8 Å². The molecule has 4 aromatic carbocycles. The third-order valence-electron chi connectivity index (χ3n) is 6.17. The standard InChI is InChI=1S/C27H20N/c1-17-9-7-14-24-25-16-8-15-23-22-13-6-5-12-21(22)20-11-4-3-10-19(20)18(2)28(26(17)24)27(23)25/h3-16H,1-2H3/q+1. The zero-order valence-electron chi connectivity index (χ0n) is 16.0. The average molecular weight is 358 g/mol. The van der Waals surface area contributed by atoms with E-state index in [1.807, 2.05) is 0 Å². The van der Waals surface area contributed by atoms with Crippen LogP contribution in [-0.2, 0) is 0 Å². The Morgan fingerprint density at radius 3 is 1.54 bits per heavy atom. The molecule has 0 saturated carbocycles. The van der Waals surface area contributed by atoms with Gasteiger partial charge in [-0.05, 0) is 47.9 Å². The Balaban J connectivity index is 1.89. The lowest BCUT2D eigenvalue weighted by Gasteiger charge is -2.18. The van der Waals surface area contributed by atoms with Crippen LogP contribution in [-0.4, -0.2) is 5.71 Å². The summed E-state index contributed by atoms with van der Waals surface area (Å²) in [6.45, 7) is 4.48. The highest BCUT2D eigenvalue weighted by atomic mass is 15.1. The molecule has 0 saturated heterocycles. The van der Waals surface area contributed by atoms with Gasteiger partial charge in [0.05, 0.1) is 16.7 Å². The Kier molecular flexibility index (Phi) is 3.08. The highest BCUT2D eigenvalue weighted by Crippen LogP contribution is 2.53. The van der Waals surface area contributed by atoms with Gasteiger partial charge in [0, 0.05) is 18.1 Å². The summed E-state index contributed by atoms with van der Waals surface area (Å²) in [5.74, 6) is 0. The molecule has 0 N–H and O–H groups in total. The van der Waals surface area contributed by atoms with Crippen molar-refractivity contribution in [3.63, 3.8) is 0 Å². The van der Waals surface area contributed by atoms with E-state index in [-0.39, 0.29) is 0 Å². The van der Waals surface area contributed by atoms with Crippen molar-refractivity contribution in [3.05, 3.63) is 96.1 Å². The van der Waals surface area contributed by atoms with Gasteiger partial charge >= 0.3 is 0 Å². The molecule has 0 unspecified atom stereocenters. The Morgan fingerprint density at radius 1 is 0.429 bits per heavy atom. The number of fused-ring (bicyclic) bond motifs is 7. The topological polar surface area (TPSA) is 3.01 Å². The highest BCUT2D eigenvalue weighted by molar-refractivity contribution is 6.15. The van der Waals surface area contributed by atoms with Crippen LogP contribution < -0.4 is 4.58 Å². The van der Waals surface area contributed by atoms with E-state index >= 15 is 0 Å². The van der Waals surface area contributed by atoms with Gasteiger partial charge in [-0.15, -0.1) is 0 Å². The largest absolute Gasteiger partial charge is 0.227 e. The number of para-hydroxylation sites is 2. The first-order chi connectivity index (χ1) is 13.8. The van der Waals surface area contributed by atoms with Gasteiger partial charge in [-0.1, -0.05) is 60.7 Å². The second-order valence-electron chi connectivity index (χ2n) is 7.68. The van der Waals surface area contributed by atoms with E-state index in [1.165, 1.54) is 61.6 Å². The van der Waals surface area contributed by atoms with Gasteiger partial charge in [-0.2, -0.15) is 4.58 Å². The molecule has 6 rings (SSSR count). The predicted octanol–water partition coefficient (Wildman–Crippen LogP) is 6.97. The smallest absolute Gasteiger partial charge is 0.155 e. The zero-order valence-corrected chi connectivity index (χ0v) is 16.0. The van der Waals surface area contributed by atoms with Crippen LogP contribution in [0.2, 0.25) is 0 Å². The molecule has 2 aliphatic rings. The third kappa shape index (κ3) is 1.88. The van der Waals surface area contributed by atoms with Crippen LogP contribution in [0.5, 0.6) is 0 Å². The summed E-state index contributed by atoms with van der Waals surface area (Å²) in [5.41, 5.74) is 14.4. The normalized spacial score (nSPS) is 13.2. The fourth-order valence-corrected chi connectivity index (χ4v) is 4.95. The predicted molar refractivity (Wildman–Crippen MR) is 119 cm³/mol. The third-order valence-corrected chi connectivity index (χ3v) is 6.17. The molecule has 0 aromatic heterocycles. The number of aryl methyl sites for hydroxylation is 1. The van der Waals surface area contributed by atoms with Crippen molar-refractivity contribution < 1.29 is 0 Å². The summed E-state index contributed by atoms with van der Waals surface area (Å²) in [6.07, 6.45) is 0. The van der Waals surface area contributed by atoms with Gasteiger partial charge in [-0.3, -0.25) is 0 Å². The van der Waals surface area contributed by atoms with Gasteiger partial charge in [0.1, 0.15) is 0 Å². The SMILES string of the molecule is CC1=[N+]2c3c(C)cccc3-c3cccc(c32)-c2ccccc2-c2ccccc21. The molecule has 0 bridgehead atoms. The zero-order chi connectivity index (χ0) is 18.8. The minimum absolute atomic E-state index is 1.28. The number of benzene rings is 4. The van der Waals surface area contributed by atoms with Crippen LogP contribution >= 0.6 is 0 Å². The summed E-state index contributed by atoms with van der Waals surface area (Å²) in [5, 5.41) is 0. The maximum atomic E-state index is 2.49. The van der Waals surface area contributed by atoms with Crippen LogP contribution in [0, 0.1) is 6.92 Å². The quantitative estimate of drug-likeness (QED) is 0.263. The summed E-state index contributed by atoms with van der Waals surface area (Å²) in [6, 6.07) is 31.0. The first-order valence-electron chi connectivity index (χ1n) is 9.81. The fraction of sp³-hybridized carbons (Fsp3) is 0.0741. The molecular weight excluding hydrogens is 338 g/mol. The van der Waals surface area contributed by atoms with Crippen molar-refractivity contribution >= 4 is 17.1 Å². The summed E-state index contributed by atoms with van der Waals surface area (Å²) >= 11 is 0. The minimum Gasteiger partial charge on any atom is -0.155 e. The lowest BCUT2D eigenvalue weighted by atomic mass is 9.87. The van der Waals surface area contributed by atoms with Crippen molar-refractivity contribution in [2.24, 2.45) is 0 Å². The molecular formula is C27H20N+. The van der Waals surface area contributed by atoms with Crippen molar-refractivity contribution in [3.8, 4) is 33.4 Å². The Morgan fingerprint density at radius 2 is 0.857 bits per heavy atom. The second kappa shape index (κ2) is 5.53. The molecule has 0 atom stereocenters. The molecule has 1 heteroatoms. The van der Waals surface area contributed by atoms with E-state index in [0.29, 0.717) is 0 Å². The van der Waals surface area contributed by atoms with E-state index in [0.717, 1.165) is 0 Å². The van der Waals surface area contributed by atoms with E-state index in [4.69, 9.17) is 0 Å². The average Bonchev–Trinajstić information content (AvgIpc) is 3.08. The van der Waals surface area contributed by atoms with Crippen LogP contribution in [0.15, 0.2) is 84.9 Å². The summed E-state index contributed by atoms with van der Waals surface area (Å²) in [7, 11) is 0. The highest BCUT2D eigenvalue weighted by Gasteiger charge is 2.39. The lowest BCUT2D eigenvalue weighted by Crippen LogP contribution is -2.17. The molecule has 1 nitrogen and oxygen atoms in total. The first-order valence-corrected chi connectivity index (χ1v) is 9.81.